The highest BCUT2D eigenvalue weighted by atomic mass is 19.1. The Bertz CT molecular complexity index is 543. The molecule has 0 aliphatic carbocycles. The van der Waals surface area contributed by atoms with Crippen LogP contribution in [0.5, 0.6) is 0 Å². The maximum Gasteiger partial charge on any atom is 0.123 e. The van der Waals surface area contributed by atoms with E-state index in [4.69, 9.17) is 0 Å². The fourth-order valence-electron chi connectivity index (χ4n) is 2.31. The summed E-state index contributed by atoms with van der Waals surface area (Å²) in [7, 11) is 0. The van der Waals surface area contributed by atoms with Gasteiger partial charge in [-0.3, -0.25) is 0 Å². The molecule has 1 aliphatic rings. The van der Waals surface area contributed by atoms with E-state index in [1.54, 1.807) is 12.1 Å². The number of rotatable bonds is 1. The molecule has 2 heterocycles. The van der Waals surface area contributed by atoms with Crippen LogP contribution in [0.1, 0.15) is 17.0 Å². The predicted molar refractivity (Wildman–Crippen MR) is 63.7 cm³/mol. The Morgan fingerprint density at radius 2 is 2.06 bits per heavy atom. The van der Waals surface area contributed by atoms with Crippen molar-refractivity contribution in [2.24, 2.45) is 0 Å². The number of hydrogen-bond acceptors (Lipinski definition) is 2. The molecule has 0 fully saturated rings. The van der Waals surface area contributed by atoms with Gasteiger partial charge in [-0.1, -0.05) is 0 Å². The zero-order chi connectivity index (χ0) is 11.8. The minimum absolute atomic E-state index is 0.218. The third-order valence-electron chi connectivity index (χ3n) is 3.24. The lowest BCUT2D eigenvalue weighted by molar-refractivity contribution is 0.625. The van der Waals surface area contributed by atoms with Crippen LogP contribution in [0.4, 0.5) is 4.39 Å². The molecule has 2 aromatic rings. The average molecular weight is 231 g/mol. The lowest BCUT2D eigenvalue weighted by atomic mass is 10.1. The Labute approximate surface area is 99.3 Å². The molecule has 0 unspecified atom stereocenters. The van der Waals surface area contributed by atoms with Crippen LogP contribution >= 0.6 is 0 Å². The molecule has 0 saturated heterocycles. The molecule has 1 aliphatic heterocycles. The van der Waals surface area contributed by atoms with E-state index in [0.29, 0.717) is 0 Å². The summed E-state index contributed by atoms with van der Waals surface area (Å²) in [5.41, 5.74) is 4.51. The van der Waals surface area contributed by atoms with Gasteiger partial charge >= 0.3 is 0 Å². The van der Waals surface area contributed by atoms with Gasteiger partial charge in [-0.2, -0.15) is 5.10 Å². The van der Waals surface area contributed by atoms with Gasteiger partial charge in [-0.05, 0) is 49.7 Å². The van der Waals surface area contributed by atoms with Gasteiger partial charge in [0.25, 0.3) is 0 Å². The Hall–Kier alpha value is -1.68. The van der Waals surface area contributed by atoms with Crippen LogP contribution in [0.25, 0.3) is 5.69 Å². The SMILES string of the molecule is Cc1c2c(nn1-c1ccc(F)cc1)CNCC2. The van der Waals surface area contributed by atoms with E-state index >= 15 is 0 Å². The second-order valence-corrected chi connectivity index (χ2v) is 4.33. The van der Waals surface area contributed by atoms with Gasteiger partial charge in [0.05, 0.1) is 11.4 Å². The third kappa shape index (κ3) is 1.74. The van der Waals surface area contributed by atoms with Crippen molar-refractivity contribution in [2.75, 3.05) is 6.54 Å². The predicted octanol–water partition coefficient (Wildman–Crippen LogP) is 1.97. The zero-order valence-corrected chi connectivity index (χ0v) is 9.70. The van der Waals surface area contributed by atoms with Crippen molar-refractivity contribution in [3.05, 3.63) is 47.0 Å². The number of aromatic nitrogens is 2. The summed E-state index contributed by atoms with van der Waals surface area (Å²) in [5.74, 6) is -0.218. The standard InChI is InChI=1S/C13H14FN3/c1-9-12-6-7-15-8-13(12)16-17(9)11-4-2-10(14)3-5-11/h2-5,15H,6-8H2,1H3. The molecule has 1 aromatic heterocycles. The van der Waals surface area contributed by atoms with E-state index in [-0.39, 0.29) is 5.82 Å². The number of halogens is 1. The largest absolute Gasteiger partial charge is 0.311 e. The van der Waals surface area contributed by atoms with E-state index in [1.807, 2.05) is 4.68 Å². The maximum absolute atomic E-state index is 12.9. The molecule has 4 heteroatoms. The summed E-state index contributed by atoms with van der Waals surface area (Å²) >= 11 is 0. The van der Waals surface area contributed by atoms with E-state index < -0.39 is 0 Å². The van der Waals surface area contributed by atoms with Crippen molar-refractivity contribution in [3.63, 3.8) is 0 Å². The van der Waals surface area contributed by atoms with Crippen molar-refractivity contribution < 1.29 is 4.39 Å². The number of benzene rings is 1. The fourth-order valence-corrected chi connectivity index (χ4v) is 2.31. The molecular weight excluding hydrogens is 217 g/mol. The van der Waals surface area contributed by atoms with Crippen molar-refractivity contribution in [3.8, 4) is 5.69 Å². The Morgan fingerprint density at radius 3 is 2.76 bits per heavy atom. The minimum Gasteiger partial charge on any atom is -0.311 e. The van der Waals surface area contributed by atoms with Crippen LogP contribution in [-0.2, 0) is 13.0 Å². The molecule has 17 heavy (non-hydrogen) atoms. The average Bonchev–Trinajstić information content (AvgIpc) is 2.69. The quantitative estimate of drug-likeness (QED) is 0.813. The molecule has 1 aromatic carbocycles. The van der Waals surface area contributed by atoms with Gasteiger partial charge in [0, 0.05) is 12.2 Å². The number of fused-ring (bicyclic) bond motifs is 1. The van der Waals surface area contributed by atoms with Crippen molar-refractivity contribution >= 4 is 0 Å². The Kier molecular flexibility index (Phi) is 2.44. The maximum atomic E-state index is 12.9. The normalized spacial score (nSPS) is 14.7. The molecule has 0 saturated carbocycles. The highest BCUT2D eigenvalue weighted by molar-refractivity contribution is 5.38. The zero-order valence-electron chi connectivity index (χ0n) is 9.70. The summed E-state index contributed by atoms with van der Waals surface area (Å²) in [6, 6.07) is 6.45. The topological polar surface area (TPSA) is 29.9 Å². The van der Waals surface area contributed by atoms with Gasteiger partial charge in [-0.15, -0.1) is 0 Å². The third-order valence-corrected chi connectivity index (χ3v) is 3.24. The van der Waals surface area contributed by atoms with E-state index in [0.717, 1.165) is 36.6 Å². The summed E-state index contributed by atoms with van der Waals surface area (Å²) in [4.78, 5) is 0. The first-order valence-electron chi connectivity index (χ1n) is 5.80. The Balaban J connectivity index is 2.09. The molecule has 88 valence electrons. The van der Waals surface area contributed by atoms with Crippen LogP contribution in [0.2, 0.25) is 0 Å². The molecule has 0 bridgehead atoms. The molecule has 0 radical (unpaired) electrons. The fraction of sp³-hybridized carbons (Fsp3) is 0.308. The summed E-state index contributed by atoms with van der Waals surface area (Å²) in [6.07, 6.45) is 1.02. The molecule has 0 atom stereocenters. The minimum atomic E-state index is -0.218. The summed E-state index contributed by atoms with van der Waals surface area (Å²) in [5, 5.41) is 7.89. The van der Waals surface area contributed by atoms with Crippen LogP contribution in [0.15, 0.2) is 24.3 Å². The van der Waals surface area contributed by atoms with Gasteiger partial charge in [0.15, 0.2) is 0 Å². The summed E-state index contributed by atoms with van der Waals surface area (Å²) in [6.45, 7) is 3.90. The van der Waals surface area contributed by atoms with Gasteiger partial charge in [-0.25, -0.2) is 9.07 Å². The first-order valence-corrected chi connectivity index (χ1v) is 5.80. The first-order chi connectivity index (χ1) is 8.25. The summed E-state index contributed by atoms with van der Waals surface area (Å²) < 4.78 is 14.8. The monoisotopic (exact) mass is 231 g/mol. The van der Waals surface area contributed by atoms with Crippen LogP contribution < -0.4 is 5.32 Å². The van der Waals surface area contributed by atoms with Crippen molar-refractivity contribution in [1.29, 1.82) is 0 Å². The molecule has 0 spiro atoms. The second kappa shape index (κ2) is 3.96. The molecule has 3 nitrogen and oxygen atoms in total. The highest BCUT2D eigenvalue weighted by Crippen LogP contribution is 2.20. The number of hydrogen-bond donors (Lipinski definition) is 1. The van der Waals surface area contributed by atoms with Crippen LogP contribution in [0, 0.1) is 12.7 Å². The second-order valence-electron chi connectivity index (χ2n) is 4.33. The van der Waals surface area contributed by atoms with Crippen molar-refractivity contribution in [1.82, 2.24) is 15.1 Å². The smallest absolute Gasteiger partial charge is 0.123 e. The first kappa shape index (κ1) is 10.5. The number of nitrogens with one attached hydrogen (secondary N) is 1. The molecule has 0 amide bonds. The lowest BCUT2D eigenvalue weighted by Crippen LogP contribution is -2.23. The van der Waals surface area contributed by atoms with Gasteiger partial charge < -0.3 is 5.32 Å². The Morgan fingerprint density at radius 1 is 1.29 bits per heavy atom. The van der Waals surface area contributed by atoms with Crippen LogP contribution in [0.3, 0.4) is 0 Å². The highest BCUT2D eigenvalue weighted by Gasteiger charge is 2.18. The molecular formula is C13H14FN3. The molecule has 3 rings (SSSR count). The van der Waals surface area contributed by atoms with Gasteiger partial charge in [0.1, 0.15) is 5.82 Å². The van der Waals surface area contributed by atoms with E-state index in [9.17, 15) is 4.39 Å². The van der Waals surface area contributed by atoms with E-state index in [2.05, 4.69) is 17.3 Å². The van der Waals surface area contributed by atoms with Crippen LogP contribution in [-0.4, -0.2) is 16.3 Å². The van der Waals surface area contributed by atoms with E-state index in [1.165, 1.54) is 17.7 Å². The van der Waals surface area contributed by atoms with Gasteiger partial charge in [0.2, 0.25) is 0 Å². The lowest BCUT2D eigenvalue weighted by Gasteiger charge is -2.10. The number of nitrogens with zero attached hydrogens (tertiary/aromatic N) is 2. The molecule has 1 N–H and O–H groups in total. The van der Waals surface area contributed by atoms with Crippen molar-refractivity contribution in [2.45, 2.75) is 19.9 Å².